The lowest BCUT2D eigenvalue weighted by atomic mass is 10.1. The first-order valence-corrected chi connectivity index (χ1v) is 5.80. The molecule has 0 aliphatic heterocycles. The average Bonchev–Trinajstić information content (AvgIpc) is 2.21. The maximum Gasteiger partial charge on any atom is -0.0348 e. The first-order chi connectivity index (χ1) is 6.91. The van der Waals surface area contributed by atoms with E-state index in [-0.39, 0.29) is 0 Å². The fourth-order valence-electron chi connectivity index (χ4n) is 1.41. The summed E-state index contributed by atoms with van der Waals surface area (Å²) >= 11 is 0. The summed E-state index contributed by atoms with van der Waals surface area (Å²) in [6, 6.07) is 0. The van der Waals surface area contributed by atoms with E-state index >= 15 is 0 Å². The first-order valence-electron chi connectivity index (χ1n) is 5.80. The quantitative estimate of drug-likeness (QED) is 0.273. The Hall–Kier alpha value is -0.780. The summed E-state index contributed by atoms with van der Waals surface area (Å²) in [6.45, 7) is 5.73. The van der Waals surface area contributed by atoms with Gasteiger partial charge in [-0.2, -0.15) is 0 Å². The highest BCUT2D eigenvalue weighted by molar-refractivity contribution is 4.96. The van der Waals surface area contributed by atoms with E-state index < -0.39 is 0 Å². The van der Waals surface area contributed by atoms with E-state index in [0.717, 1.165) is 0 Å². The highest BCUT2D eigenvalue weighted by Crippen LogP contribution is 2.07. The number of allylic oxidation sites excluding steroid dienone is 5. The van der Waals surface area contributed by atoms with Crippen LogP contribution in [0, 0.1) is 0 Å². The van der Waals surface area contributed by atoms with Crippen molar-refractivity contribution in [1.29, 1.82) is 0 Å². The van der Waals surface area contributed by atoms with Crippen LogP contribution in [0.25, 0.3) is 0 Å². The normalized spacial score (nSPS) is 11.5. The number of hydrogen-bond acceptors (Lipinski definition) is 0. The maximum atomic E-state index is 3.64. The van der Waals surface area contributed by atoms with Crippen LogP contribution in [0.15, 0.2) is 37.0 Å². The molecule has 0 aromatic heterocycles. The molecular formula is C14H24. The van der Waals surface area contributed by atoms with Crippen molar-refractivity contribution in [1.82, 2.24) is 0 Å². The largest absolute Gasteiger partial charge is 0.0991 e. The van der Waals surface area contributed by atoms with E-state index in [9.17, 15) is 0 Å². The summed E-state index contributed by atoms with van der Waals surface area (Å²) in [5, 5.41) is 0. The molecule has 0 nitrogen and oxygen atoms in total. The molecule has 14 heavy (non-hydrogen) atoms. The molecule has 0 fully saturated rings. The Bertz CT molecular complexity index is 163. The standard InChI is InChI=1S/C14H24/c1-3-5-7-9-11-13-14-12-10-8-6-4-2/h3-7H,1,8-14H2,2H3/b6-4?,7-5+. The smallest absolute Gasteiger partial charge is 0.0348 e. The summed E-state index contributed by atoms with van der Waals surface area (Å²) in [5.74, 6) is 0. The van der Waals surface area contributed by atoms with Crippen molar-refractivity contribution in [3.8, 4) is 0 Å². The molecule has 0 heterocycles. The first kappa shape index (κ1) is 13.2. The molecule has 0 N–H and O–H groups in total. The third-order valence-corrected chi connectivity index (χ3v) is 2.25. The van der Waals surface area contributed by atoms with E-state index in [4.69, 9.17) is 0 Å². The number of hydrogen-bond donors (Lipinski definition) is 0. The lowest BCUT2D eigenvalue weighted by Gasteiger charge is -1.97. The summed E-state index contributed by atoms with van der Waals surface area (Å²) in [4.78, 5) is 0. The van der Waals surface area contributed by atoms with Crippen LogP contribution in [0.1, 0.15) is 51.9 Å². The minimum atomic E-state index is 1.21. The van der Waals surface area contributed by atoms with Gasteiger partial charge in [-0.15, -0.1) is 0 Å². The van der Waals surface area contributed by atoms with Crippen molar-refractivity contribution in [2.75, 3.05) is 0 Å². The SMILES string of the molecule is C=C/C=C/CCCCCCCC=CC. The Kier molecular flexibility index (Phi) is 11.5. The highest BCUT2D eigenvalue weighted by atomic mass is 13.9. The third kappa shape index (κ3) is 11.2. The minimum Gasteiger partial charge on any atom is -0.0991 e. The second-order valence-corrected chi connectivity index (χ2v) is 3.58. The second kappa shape index (κ2) is 12.2. The van der Waals surface area contributed by atoms with Crippen molar-refractivity contribution in [2.24, 2.45) is 0 Å². The lowest BCUT2D eigenvalue weighted by Crippen LogP contribution is -1.77. The Morgan fingerprint density at radius 1 is 0.857 bits per heavy atom. The summed E-state index contributed by atoms with van der Waals surface area (Å²) < 4.78 is 0. The van der Waals surface area contributed by atoms with Gasteiger partial charge in [-0.05, 0) is 32.6 Å². The van der Waals surface area contributed by atoms with Crippen LogP contribution in [-0.2, 0) is 0 Å². The molecule has 0 spiro atoms. The van der Waals surface area contributed by atoms with Crippen LogP contribution in [0.4, 0.5) is 0 Å². The van der Waals surface area contributed by atoms with Gasteiger partial charge in [-0.3, -0.25) is 0 Å². The maximum absolute atomic E-state index is 3.64. The molecule has 0 saturated heterocycles. The summed E-state index contributed by atoms with van der Waals surface area (Å²) in [7, 11) is 0. The van der Waals surface area contributed by atoms with E-state index in [1.165, 1.54) is 44.9 Å². The minimum absolute atomic E-state index is 1.21. The van der Waals surface area contributed by atoms with E-state index in [1.54, 1.807) is 0 Å². The predicted molar refractivity (Wildman–Crippen MR) is 66.5 cm³/mol. The van der Waals surface area contributed by atoms with Crippen molar-refractivity contribution in [3.63, 3.8) is 0 Å². The fourth-order valence-corrected chi connectivity index (χ4v) is 1.41. The zero-order valence-electron chi connectivity index (χ0n) is 9.54. The van der Waals surface area contributed by atoms with Gasteiger partial charge < -0.3 is 0 Å². The van der Waals surface area contributed by atoms with Crippen LogP contribution in [-0.4, -0.2) is 0 Å². The van der Waals surface area contributed by atoms with Gasteiger partial charge in [0.25, 0.3) is 0 Å². The average molecular weight is 192 g/mol. The van der Waals surface area contributed by atoms with Gasteiger partial charge >= 0.3 is 0 Å². The topological polar surface area (TPSA) is 0 Å². The number of rotatable bonds is 9. The molecule has 0 bridgehead atoms. The molecule has 0 heteroatoms. The van der Waals surface area contributed by atoms with Crippen molar-refractivity contribution < 1.29 is 0 Å². The van der Waals surface area contributed by atoms with Crippen LogP contribution >= 0.6 is 0 Å². The van der Waals surface area contributed by atoms with E-state index in [2.05, 4.69) is 31.7 Å². The Labute approximate surface area is 89.4 Å². The van der Waals surface area contributed by atoms with Gasteiger partial charge in [-0.1, -0.05) is 56.2 Å². The van der Waals surface area contributed by atoms with E-state index in [0.29, 0.717) is 0 Å². The monoisotopic (exact) mass is 192 g/mol. The van der Waals surface area contributed by atoms with Gasteiger partial charge in [0, 0.05) is 0 Å². The van der Waals surface area contributed by atoms with Gasteiger partial charge in [0.05, 0.1) is 0 Å². The number of unbranched alkanes of at least 4 members (excludes halogenated alkanes) is 6. The highest BCUT2D eigenvalue weighted by Gasteiger charge is 1.88. The van der Waals surface area contributed by atoms with Crippen molar-refractivity contribution in [3.05, 3.63) is 37.0 Å². The van der Waals surface area contributed by atoms with Gasteiger partial charge in [0.15, 0.2) is 0 Å². The Morgan fingerprint density at radius 3 is 2.00 bits per heavy atom. The molecule has 80 valence electrons. The molecule has 0 aliphatic rings. The molecule has 0 radical (unpaired) electrons. The zero-order valence-corrected chi connectivity index (χ0v) is 9.54. The lowest BCUT2D eigenvalue weighted by molar-refractivity contribution is 0.622. The van der Waals surface area contributed by atoms with Gasteiger partial charge in [0.2, 0.25) is 0 Å². The van der Waals surface area contributed by atoms with Crippen molar-refractivity contribution in [2.45, 2.75) is 51.9 Å². The molecule has 0 aromatic carbocycles. The van der Waals surface area contributed by atoms with Crippen molar-refractivity contribution >= 4 is 0 Å². The fraction of sp³-hybridized carbons (Fsp3) is 0.571. The molecule has 0 saturated carbocycles. The Balaban J connectivity index is 2.98. The van der Waals surface area contributed by atoms with Crippen LogP contribution in [0.3, 0.4) is 0 Å². The molecule has 0 atom stereocenters. The zero-order chi connectivity index (χ0) is 10.5. The second-order valence-electron chi connectivity index (χ2n) is 3.58. The molecular weight excluding hydrogens is 168 g/mol. The predicted octanol–water partition coefficient (Wildman–Crippen LogP) is 5.04. The Morgan fingerprint density at radius 2 is 1.43 bits per heavy atom. The van der Waals surface area contributed by atoms with Gasteiger partial charge in [0.1, 0.15) is 0 Å². The molecule has 0 aliphatic carbocycles. The molecule has 0 amide bonds. The molecule has 0 aromatic rings. The van der Waals surface area contributed by atoms with E-state index in [1.807, 2.05) is 12.2 Å². The summed E-state index contributed by atoms with van der Waals surface area (Å²) in [6.07, 6.45) is 19.8. The van der Waals surface area contributed by atoms with Gasteiger partial charge in [-0.25, -0.2) is 0 Å². The molecule has 0 unspecified atom stereocenters. The third-order valence-electron chi connectivity index (χ3n) is 2.25. The van der Waals surface area contributed by atoms with Crippen LogP contribution in [0.5, 0.6) is 0 Å². The molecule has 0 rings (SSSR count). The summed E-state index contributed by atoms with van der Waals surface area (Å²) in [5.41, 5.74) is 0. The van der Waals surface area contributed by atoms with Crippen LogP contribution in [0.2, 0.25) is 0 Å². The van der Waals surface area contributed by atoms with Crippen LogP contribution < -0.4 is 0 Å².